The normalized spacial score (nSPS) is 23.7. The minimum atomic E-state index is -4.66. The first kappa shape index (κ1) is 45.8. The van der Waals surface area contributed by atoms with Crippen molar-refractivity contribution in [3.05, 3.63) is 106 Å². The van der Waals surface area contributed by atoms with Gasteiger partial charge in [-0.2, -0.15) is 0 Å². The smallest absolute Gasteiger partial charge is 0.312 e. The number of pyridine rings is 2. The Balaban J connectivity index is 0.760. The Morgan fingerprint density at radius 3 is 2.51 bits per heavy atom. The highest BCUT2D eigenvalue weighted by Crippen LogP contribution is 2.55. The fourth-order valence-corrected chi connectivity index (χ4v) is 14.9. The second-order valence-electron chi connectivity index (χ2n) is 20.0. The molecule has 1 amide bonds. The van der Waals surface area contributed by atoms with Gasteiger partial charge in [0.15, 0.2) is 0 Å². The number of fused-ring (bicyclic) bond motifs is 1. The summed E-state index contributed by atoms with van der Waals surface area (Å²) in [5.41, 5.74) is 4.30. The highest BCUT2D eigenvalue weighted by atomic mass is 32.2. The monoisotopic (exact) mass is 977 g/mol. The minimum Gasteiger partial charge on any atom is -0.455 e. The first-order chi connectivity index (χ1) is 33.4. The molecule has 19 heteroatoms. The molecule has 1 spiro atoms. The number of nitro groups is 1. The molecule has 364 valence electrons. The number of hydrogen-bond acceptors (Lipinski definition) is 14. The molecule has 6 aliphatic rings. The van der Waals surface area contributed by atoms with Crippen LogP contribution in [0.25, 0.3) is 11.0 Å². The third-order valence-corrected chi connectivity index (χ3v) is 19.2. The van der Waals surface area contributed by atoms with Gasteiger partial charge in [-0.05, 0) is 130 Å². The van der Waals surface area contributed by atoms with Gasteiger partial charge >= 0.3 is 5.69 Å². The molecule has 3 atom stereocenters. The Kier molecular flexibility index (Phi) is 12.3. The van der Waals surface area contributed by atoms with Crippen molar-refractivity contribution in [1.82, 2.24) is 24.6 Å². The van der Waals surface area contributed by atoms with Crippen LogP contribution >= 0.6 is 0 Å². The van der Waals surface area contributed by atoms with Crippen LogP contribution in [0.15, 0.2) is 88.5 Å². The third-order valence-electron chi connectivity index (χ3n) is 15.4. The lowest BCUT2D eigenvalue weighted by atomic mass is 9.59. The van der Waals surface area contributed by atoms with Gasteiger partial charge in [0.25, 0.3) is 15.9 Å². The number of carbonyl (C=O) groups is 1. The molecule has 3 aromatic heterocycles. The molecule has 69 heavy (non-hydrogen) atoms. The van der Waals surface area contributed by atoms with Crippen molar-refractivity contribution in [2.75, 3.05) is 54.5 Å². The Morgan fingerprint density at radius 1 is 0.957 bits per heavy atom. The van der Waals surface area contributed by atoms with Crippen LogP contribution in [-0.4, -0.2) is 106 Å². The first-order valence-electron chi connectivity index (χ1n) is 24.5. The van der Waals surface area contributed by atoms with Crippen LogP contribution in [0.5, 0.6) is 11.5 Å². The van der Waals surface area contributed by atoms with Gasteiger partial charge in [0.1, 0.15) is 22.0 Å². The van der Waals surface area contributed by atoms with Crippen LogP contribution in [0.2, 0.25) is 0 Å². The van der Waals surface area contributed by atoms with E-state index in [0.29, 0.717) is 59.8 Å². The van der Waals surface area contributed by atoms with E-state index in [1.54, 1.807) is 35.5 Å². The summed E-state index contributed by atoms with van der Waals surface area (Å²) in [6.07, 6.45) is 16.7. The molecule has 11 rings (SSSR count). The number of hydrogen-bond donors (Lipinski definition) is 3. The van der Waals surface area contributed by atoms with Gasteiger partial charge in [0, 0.05) is 82.4 Å². The number of sulfonamides is 1. The van der Waals surface area contributed by atoms with E-state index in [9.17, 15) is 27.5 Å². The van der Waals surface area contributed by atoms with Crippen LogP contribution in [0.4, 0.5) is 17.2 Å². The quantitative estimate of drug-likeness (QED) is 0.0704. The Labute approximate surface area is 402 Å². The largest absolute Gasteiger partial charge is 0.455 e. The third kappa shape index (κ3) is 9.66. The summed E-state index contributed by atoms with van der Waals surface area (Å²) in [7, 11) is -6.82. The highest BCUT2D eigenvalue weighted by Gasteiger charge is 2.50. The van der Waals surface area contributed by atoms with Gasteiger partial charge in [-0.15, -0.1) is 0 Å². The number of nitrogens with one attached hydrogen (secondary N) is 3. The molecular weight excluding hydrogens is 919 g/mol. The molecule has 5 aromatic rings. The maximum atomic E-state index is 14.0. The summed E-state index contributed by atoms with van der Waals surface area (Å²) in [6.45, 7) is 3.32. The number of likely N-dealkylation sites (tertiary alicyclic amines) is 1. The van der Waals surface area contributed by atoms with Crippen molar-refractivity contribution >= 4 is 53.9 Å². The van der Waals surface area contributed by atoms with Crippen molar-refractivity contribution in [1.29, 1.82) is 0 Å². The van der Waals surface area contributed by atoms with E-state index < -0.39 is 41.2 Å². The van der Waals surface area contributed by atoms with Gasteiger partial charge in [-0.1, -0.05) is 24.3 Å². The van der Waals surface area contributed by atoms with Crippen LogP contribution < -0.4 is 19.7 Å². The van der Waals surface area contributed by atoms with E-state index in [-0.39, 0.29) is 35.8 Å². The molecule has 0 bridgehead atoms. The lowest BCUT2D eigenvalue weighted by molar-refractivity contribution is -0.384. The fourth-order valence-electron chi connectivity index (χ4n) is 11.5. The molecule has 4 saturated heterocycles. The highest BCUT2D eigenvalue weighted by molar-refractivity contribution is 7.93. The van der Waals surface area contributed by atoms with E-state index >= 15 is 0 Å². The molecule has 0 unspecified atom stereocenters. The average Bonchev–Trinajstić information content (AvgIpc) is 3.64. The summed E-state index contributed by atoms with van der Waals surface area (Å²) >= 11 is 0. The lowest BCUT2D eigenvalue weighted by Gasteiger charge is -2.56. The number of amides is 1. The van der Waals surface area contributed by atoms with Crippen molar-refractivity contribution in [3.63, 3.8) is 0 Å². The SMILES string of the molecule is O=C(NS(=O)(=O)c1cnc(NC[C@@H]2CC[C@@H](N=S3(=O)CCCC3)CO2)c([N+](=O)[O-])c1)c1ccc(N2CCC3(CC2)CC(N2CCC[C@H]2c2ccccc2C2CC2)C3)cc1Oc1cnc2[nH]ccc2c1. The standard InChI is InChI=1S/C50H59N9O8S2/c60-49(56-69(64,65)40-26-45(59(61)62)48(54-31-40)53-29-38-13-11-35(32-66-38)55-68(63)22-3-4-23-68)43-14-12-36(25-46(43)67-39-24-34-15-18-51-47(34)52-30-39)57-20-16-50(17-21-57)27-37(28-50)58-19-5-8-44(58)42-7-2-1-6-41(42)33-9-10-33/h1-2,6-7,12,14-15,18,24-26,30-31,33,35,37-38,44H,3-5,8-11,13,16-17,19-23,27-29,32H2,(H,51,52)(H,53,54)(H,56,60)/t35-,38+,44+/m1/s1. The molecule has 2 saturated carbocycles. The van der Waals surface area contributed by atoms with Crippen LogP contribution in [0.1, 0.15) is 110 Å². The van der Waals surface area contributed by atoms with E-state index in [1.165, 1.54) is 44.7 Å². The number of anilines is 2. The van der Waals surface area contributed by atoms with Crippen molar-refractivity contribution in [2.45, 2.75) is 112 Å². The number of rotatable bonds is 14. The zero-order valence-electron chi connectivity index (χ0n) is 38.6. The topological polar surface area (TPSA) is 214 Å². The number of piperidine rings is 1. The van der Waals surface area contributed by atoms with Gasteiger partial charge in [0.05, 0.1) is 41.6 Å². The predicted octanol–water partition coefficient (Wildman–Crippen LogP) is 8.46. The minimum absolute atomic E-state index is 0.0476. The second kappa shape index (κ2) is 18.6. The molecule has 2 aliphatic carbocycles. The van der Waals surface area contributed by atoms with Crippen molar-refractivity contribution < 1.29 is 31.8 Å². The van der Waals surface area contributed by atoms with E-state index in [4.69, 9.17) is 9.47 Å². The predicted molar refractivity (Wildman–Crippen MR) is 263 cm³/mol. The van der Waals surface area contributed by atoms with Crippen LogP contribution in [0, 0.1) is 15.5 Å². The summed E-state index contributed by atoms with van der Waals surface area (Å²) < 4.78 is 59.5. The Bertz CT molecular complexity index is 2990. The Hall–Kier alpha value is -5.63. The van der Waals surface area contributed by atoms with Crippen LogP contribution in [0.3, 0.4) is 0 Å². The molecular formula is C50H59N9O8S2. The number of aromatic amines is 1. The second-order valence-corrected chi connectivity index (χ2v) is 24.3. The van der Waals surface area contributed by atoms with Gasteiger partial charge in [0.2, 0.25) is 5.82 Å². The number of aromatic nitrogens is 3. The number of ether oxygens (including phenoxy) is 2. The Morgan fingerprint density at radius 2 is 1.75 bits per heavy atom. The number of carbonyl (C=O) groups excluding carboxylic acids is 1. The van der Waals surface area contributed by atoms with Crippen molar-refractivity contribution in [2.24, 2.45) is 9.78 Å². The summed E-state index contributed by atoms with van der Waals surface area (Å²) in [5.74, 6) is 1.36. The number of H-pyrrole nitrogens is 1. The molecule has 0 radical (unpaired) electrons. The van der Waals surface area contributed by atoms with Crippen molar-refractivity contribution in [3.8, 4) is 11.5 Å². The van der Waals surface area contributed by atoms with E-state index in [0.717, 1.165) is 74.6 Å². The van der Waals surface area contributed by atoms with Gasteiger partial charge in [-0.3, -0.25) is 19.8 Å². The van der Waals surface area contributed by atoms with E-state index in [2.05, 4.69) is 63.4 Å². The maximum Gasteiger partial charge on any atom is 0.312 e. The molecule has 3 N–H and O–H groups in total. The maximum absolute atomic E-state index is 14.0. The van der Waals surface area contributed by atoms with E-state index in [1.807, 2.05) is 12.1 Å². The summed E-state index contributed by atoms with van der Waals surface area (Å²) in [4.78, 5) is 41.7. The molecule has 4 aliphatic heterocycles. The lowest BCUT2D eigenvalue weighted by Crippen LogP contribution is -2.54. The fraction of sp³-hybridized carbons (Fsp3) is 0.500. The van der Waals surface area contributed by atoms with Gasteiger partial charge in [-0.25, -0.2) is 31.7 Å². The van der Waals surface area contributed by atoms with Crippen LogP contribution in [-0.2, 0) is 24.5 Å². The molecule has 17 nitrogen and oxygen atoms in total. The first-order valence-corrected chi connectivity index (χ1v) is 27.9. The zero-order chi connectivity index (χ0) is 47.3. The molecule has 6 fully saturated rings. The summed E-state index contributed by atoms with van der Waals surface area (Å²) in [6, 6.07) is 19.7. The molecule has 2 aromatic carbocycles. The zero-order valence-corrected chi connectivity index (χ0v) is 40.2. The average molecular weight is 978 g/mol. The summed E-state index contributed by atoms with van der Waals surface area (Å²) in [5, 5.41) is 16.0. The molecule has 7 heterocycles. The van der Waals surface area contributed by atoms with Gasteiger partial charge < -0.3 is 24.7 Å². The number of nitrogens with zero attached hydrogens (tertiary/aromatic N) is 6. The number of benzene rings is 2.